The number of carbonyl (C=O) groups is 1. The van der Waals surface area contributed by atoms with Crippen molar-refractivity contribution < 1.29 is 9.53 Å². The summed E-state index contributed by atoms with van der Waals surface area (Å²) >= 11 is 3.38. The molecule has 0 spiro atoms. The van der Waals surface area contributed by atoms with Gasteiger partial charge in [-0.05, 0) is 41.2 Å². The third kappa shape index (κ3) is 3.68. The van der Waals surface area contributed by atoms with Gasteiger partial charge in [0.1, 0.15) is 5.75 Å². The summed E-state index contributed by atoms with van der Waals surface area (Å²) in [5.41, 5.74) is 3.54. The Balaban J connectivity index is 1.98. The summed E-state index contributed by atoms with van der Waals surface area (Å²) in [6.45, 7) is 3.62. The minimum Gasteiger partial charge on any atom is -0.496 e. The van der Waals surface area contributed by atoms with Gasteiger partial charge in [0.05, 0.1) is 11.6 Å². The molecule has 0 atom stereocenters. The summed E-state index contributed by atoms with van der Waals surface area (Å²) < 4.78 is 5.93. The number of amides is 1. The van der Waals surface area contributed by atoms with E-state index >= 15 is 0 Å². The highest BCUT2D eigenvalue weighted by Crippen LogP contribution is 2.25. The van der Waals surface area contributed by atoms with Gasteiger partial charge in [0.15, 0.2) is 0 Å². The van der Waals surface area contributed by atoms with Gasteiger partial charge in [-0.1, -0.05) is 0 Å². The van der Waals surface area contributed by atoms with Crippen molar-refractivity contribution in [2.45, 2.75) is 0 Å². The Morgan fingerprint density at radius 2 is 2.00 bits per heavy atom. The van der Waals surface area contributed by atoms with Crippen LogP contribution in [0, 0.1) is 0 Å². The Labute approximate surface area is 121 Å². The first-order chi connectivity index (χ1) is 9.10. The molecule has 1 aliphatic heterocycles. The van der Waals surface area contributed by atoms with Crippen LogP contribution in [0.4, 0.5) is 0 Å². The molecule has 0 unspecified atom stereocenters. The van der Waals surface area contributed by atoms with Crippen LogP contribution in [0.2, 0.25) is 0 Å². The van der Waals surface area contributed by atoms with Crippen LogP contribution < -0.4 is 10.2 Å². The number of piperazine rings is 1. The topological polar surface area (TPSA) is 44.8 Å². The summed E-state index contributed by atoms with van der Waals surface area (Å²) in [5.74, 6) is 0.629. The molecule has 0 radical (unpaired) electrons. The van der Waals surface area contributed by atoms with Crippen LogP contribution in [0.1, 0.15) is 10.4 Å². The summed E-state index contributed by atoms with van der Waals surface area (Å²) in [4.78, 5) is 14.4. The summed E-state index contributed by atoms with van der Waals surface area (Å²) in [6.07, 6.45) is 0. The molecule has 104 valence electrons. The number of hydrogen-bond donors (Lipinski definition) is 1. The first-order valence-electron chi connectivity index (χ1n) is 6.18. The number of methoxy groups -OCH3 is 1. The van der Waals surface area contributed by atoms with Gasteiger partial charge in [0, 0.05) is 31.7 Å². The Morgan fingerprint density at radius 1 is 1.32 bits per heavy atom. The van der Waals surface area contributed by atoms with Gasteiger partial charge in [0.2, 0.25) is 0 Å². The predicted octanol–water partition coefficient (Wildman–Crippen LogP) is 1.35. The second kappa shape index (κ2) is 6.36. The van der Waals surface area contributed by atoms with Gasteiger partial charge in [-0.3, -0.25) is 10.2 Å². The fourth-order valence-electron chi connectivity index (χ4n) is 1.93. The fraction of sp³-hybridized carbons (Fsp3) is 0.462. The SMILES string of the molecule is COc1ccc(C(=O)NN2CCN(C)CC2)cc1Br. The number of rotatable bonds is 3. The van der Waals surface area contributed by atoms with E-state index < -0.39 is 0 Å². The molecule has 0 aromatic heterocycles. The van der Waals surface area contributed by atoms with Crippen LogP contribution in [0.15, 0.2) is 22.7 Å². The Hall–Kier alpha value is -1.11. The van der Waals surface area contributed by atoms with Gasteiger partial charge in [-0.25, -0.2) is 5.01 Å². The van der Waals surface area contributed by atoms with E-state index in [1.807, 2.05) is 5.01 Å². The number of likely N-dealkylation sites (N-methyl/N-ethyl adjacent to an activating group) is 1. The highest BCUT2D eigenvalue weighted by molar-refractivity contribution is 9.10. The van der Waals surface area contributed by atoms with Crippen molar-refractivity contribution in [2.24, 2.45) is 0 Å². The fourth-order valence-corrected chi connectivity index (χ4v) is 2.47. The second-order valence-corrected chi connectivity index (χ2v) is 5.43. The molecule has 1 N–H and O–H groups in total. The number of halogens is 1. The Kier molecular flexibility index (Phi) is 4.79. The molecular formula is C13H18BrN3O2. The molecule has 1 aliphatic rings. The number of benzene rings is 1. The van der Waals surface area contributed by atoms with E-state index in [1.54, 1.807) is 25.3 Å². The molecule has 0 bridgehead atoms. The van der Waals surface area contributed by atoms with Crippen LogP contribution in [-0.2, 0) is 0 Å². The van der Waals surface area contributed by atoms with E-state index in [0.717, 1.165) is 36.4 Å². The molecule has 1 heterocycles. The van der Waals surface area contributed by atoms with E-state index in [-0.39, 0.29) is 5.91 Å². The molecule has 5 nitrogen and oxygen atoms in total. The summed E-state index contributed by atoms with van der Waals surface area (Å²) in [6, 6.07) is 5.31. The average molecular weight is 328 g/mol. The first kappa shape index (κ1) is 14.3. The maximum absolute atomic E-state index is 12.1. The van der Waals surface area contributed by atoms with E-state index in [0.29, 0.717) is 5.56 Å². The molecule has 1 fully saturated rings. The van der Waals surface area contributed by atoms with Gasteiger partial charge in [-0.2, -0.15) is 0 Å². The van der Waals surface area contributed by atoms with Crippen LogP contribution in [0.25, 0.3) is 0 Å². The number of carbonyl (C=O) groups excluding carboxylic acids is 1. The largest absolute Gasteiger partial charge is 0.496 e. The number of hydrazine groups is 1. The van der Waals surface area contributed by atoms with Crippen molar-refractivity contribution in [3.63, 3.8) is 0 Å². The van der Waals surface area contributed by atoms with Gasteiger partial charge >= 0.3 is 0 Å². The standard InChI is InChI=1S/C13H18BrN3O2/c1-16-5-7-17(8-6-16)15-13(18)10-3-4-12(19-2)11(14)9-10/h3-4,9H,5-8H2,1-2H3,(H,15,18). The number of hydrogen-bond acceptors (Lipinski definition) is 4. The minimum absolute atomic E-state index is 0.0899. The average Bonchev–Trinajstić information content (AvgIpc) is 2.41. The Bertz CT molecular complexity index is 459. The van der Waals surface area contributed by atoms with Crippen LogP contribution in [0.5, 0.6) is 5.75 Å². The van der Waals surface area contributed by atoms with Crippen molar-refractivity contribution in [3.05, 3.63) is 28.2 Å². The normalized spacial score (nSPS) is 17.2. The number of nitrogens with zero attached hydrogens (tertiary/aromatic N) is 2. The molecule has 1 aromatic carbocycles. The van der Waals surface area contributed by atoms with E-state index in [9.17, 15) is 4.79 Å². The summed E-state index contributed by atoms with van der Waals surface area (Å²) in [5, 5.41) is 1.96. The quantitative estimate of drug-likeness (QED) is 0.910. The second-order valence-electron chi connectivity index (χ2n) is 4.58. The molecule has 0 aliphatic carbocycles. The zero-order chi connectivity index (χ0) is 13.8. The predicted molar refractivity (Wildman–Crippen MR) is 77.2 cm³/mol. The zero-order valence-corrected chi connectivity index (χ0v) is 12.7. The van der Waals surface area contributed by atoms with Crippen molar-refractivity contribution in [2.75, 3.05) is 40.3 Å². The van der Waals surface area contributed by atoms with Gasteiger partial charge in [-0.15, -0.1) is 0 Å². The number of ether oxygens (including phenoxy) is 1. The minimum atomic E-state index is -0.0899. The maximum atomic E-state index is 12.1. The number of nitrogens with one attached hydrogen (secondary N) is 1. The third-order valence-electron chi connectivity index (χ3n) is 3.18. The molecule has 6 heteroatoms. The summed E-state index contributed by atoms with van der Waals surface area (Å²) in [7, 11) is 3.68. The van der Waals surface area contributed by atoms with Crippen molar-refractivity contribution in [1.82, 2.24) is 15.3 Å². The molecule has 1 aromatic rings. The lowest BCUT2D eigenvalue weighted by Crippen LogP contribution is -2.52. The first-order valence-corrected chi connectivity index (χ1v) is 6.97. The third-order valence-corrected chi connectivity index (χ3v) is 3.80. The van der Waals surface area contributed by atoms with Crippen molar-refractivity contribution in [1.29, 1.82) is 0 Å². The van der Waals surface area contributed by atoms with Crippen molar-refractivity contribution in [3.8, 4) is 5.75 Å². The molecular weight excluding hydrogens is 310 g/mol. The lowest BCUT2D eigenvalue weighted by Gasteiger charge is -2.32. The molecule has 0 saturated carbocycles. The van der Waals surface area contributed by atoms with Gasteiger partial charge in [0.25, 0.3) is 5.91 Å². The molecule has 1 amide bonds. The van der Waals surface area contributed by atoms with E-state index in [4.69, 9.17) is 4.74 Å². The maximum Gasteiger partial charge on any atom is 0.265 e. The van der Waals surface area contributed by atoms with E-state index in [2.05, 4.69) is 33.3 Å². The van der Waals surface area contributed by atoms with Crippen molar-refractivity contribution >= 4 is 21.8 Å². The van der Waals surface area contributed by atoms with Gasteiger partial charge < -0.3 is 9.64 Å². The van der Waals surface area contributed by atoms with Crippen LogP contribution in [-0.4, -0.2) is 56.2 Å². The highest BCUT2D eigenvalue weighted by Gasteiger charge is 2.17. The van der Waals surface area contributed by atoms with E-state index in [1.165, 1.54) is 0 Å². The Morgan fingerprint density at radius 3 is 2.58 bits per heavy atom. The lowest BCUT2D eigenvalue weighted by atomic mass is 10.2. The molecule has 2 rings (SSSR count). The smallest absolute Gasteiger partial charge is 0.265 e. The lowest BCUT2D eigenvalue weighted by molar-refractivity contribution is 0.0662. The zero-order valence-electron chi connectivity index (χ0n) is 11.1. The van der Waals surface area contributed by atoms with Crippen LogP contribution >= 0.6 is 15.9 Å². The van der Waals surface area contributed by atoms with Crippen LogP contribution in [0.3, 0.4) is 0 Å². The molecule has 19 heavy (non-hydrogen) atoms. The highest BCUT2D eigenvalue weighted by atomic mass is 79.9. The molecule has 1 saturated heterocycles. The monoisotopic (exact) mass is 327 g/mol.